The zero-order chi connectivity index (χ0) is 14.0. The number of halogens is 2. The minimum atomic E-state index is -4.12. The van der Waals surface area contributed by atoms with Crippen molar-refractivity contribution in [2.24, 2.45) is 4.36 Å². The van der Waals surface area contributed by atoms with Gasteiger partial charge in [0.05, 0.1) is 15.4 Å². The van der Waals surface area contributed by atoms with Crippen molar-refractivity contribution in [1.82, 2.24) is 0 Å². The smallest absolute Gasteiger partial charge is 0.249 e. The van der Waals surface area contributed by atoms with E-state index in [9.17, 15) is 17.0 Å². The summed E-state index contributed by atoms with van der Waals surface area (Å²) in [4.78, 5) is -0.609. The summed E-state index contributed by atoms with van der Waals surface area (Å²) >= 11 is 0. The molecule has 0 unspecified atom stereocenters. The Hall–Kier alpha value is -0.660. The Balaban J connectivity index is 3.34. The van der Waals surface area contributed by atoms with Gasteiger partial charge in [-0.15, -0.1) is 0 Å². The molecule has 0 bridgehead atoms. The van der Waals surface area contributed by atoms with Crippen LogP contribution in [0.3, 0.4) is 0 Å². The van der Waals surface area contributed by atoms with Gasteiger partial charge in [-0.25, -0.2) is 17.0 Å². The Labute approximate surface area is 111 Å². The summed E-state index contributed by atoms with van der Waals surface area (Å²) in [5, 5.41) is 0. The van der Waals surface area contributed by atoms with Crippen molar-refractivity contribution in [3.8, 4) is 0 Å². The highest BCUT2D eigenvalue weighted by atomic mass is 35.7. The molecule has 1 rings (SSSR count). The van der Waals surface area contributed by atoms with Crippen molar-refractivity contribution >= 4 is 35.1 Å². The molecular formula is C10H13ClFNO3S2. The molecule has 4 nitrogen and oxygen atoms in total. The van der Waals surface area contributed by atoms with E-state index in [0.717, 1.165) is 12.1 Å². The van der Waals surface area contributed by atoms with E-state index in [1.165, 1.54) is 6.07 Å². The Bertz CT molecular complexity index is 654. The molecule has 0 radical (unpaired) electrons. The highest BCUT2D eigenvalue weighted by molar-refractivity contribution is 8.13. The first kappa shape index (κ1) is 15.4. The van der Waals surface area contributed by atoms with Crippen LogP contribution in [0.15, 0.2) is 27.5 Å². The lowest BCUT2D eigenvalue weighted by Crippen LogP contribution is -2.05. The van der Waals surface area contributed by atoms with Crippen molar-refractivity contribution in [2.45, 2.75) is 18.7 Å². The highest BCUT2D eigenvalue weighted by Gasteiger charge is 2.16. The van der Waals surface area contributed by atoms with Gasteiger partial charge in [0, 0.05) is 28.3 Å². The van der Waals surface area contributed by atoms with Crippen molar-refractivity contribution in [1.29, 1.82) is 0 Å². The molecule has 1 aromatic rings. The van der Waals surface area contributed by atoms with Gasteiger partial charge in [0.2, 0.25) is 0 Å². The Morgan fingerprint density at radius 2 is 1.78 bits per heavy atom. The van der Waals surface area contributed by atoms with Crippen molar-refractivity contribution in [3.63, 3.8) is 0 Å². The average Bonchev–Trinajstić information content (AvgIpc) is 2.27. The summed E-state index contributed by atoms with van der Waals surface area (Å²) in [7, 11) is -1.48. The summed E-state index contributed by atoms with van der Waals surface area (Å²) in [6, 6.07) is 3.21. The third kappa shape index (κ3) is 3.66. The molecule has 0 atom stereocenters. The summed E-state index contributed by atoms with van der Waals surface area (Å²) in [5.74, 6) is -0.304. The van der Waals surface area contributed by atoms with Gasteiger partial charge in [0.1, 0.15) is 10.7 Å². The molecule has 8 heteroatoms. The third-order valence-corrected chi connectivity index (χ3v) is 6.06. The minimum Gasteiger partial charge on any atom is -0.249 e. The second-order valence-electron chi connectivity index (χ2n) is 3.49. The van der Waals surface area contributed by atoms with Gasteiger partial charge in [-0.3, -0.25) is 0 Å². The van der Waals surface area contributed by atoms with Gasteiger partial charge in [0.25, 0.3) is 9.05 Å². The van der Waals surface area contributed by atoms with Crippen molar-refractivity contribution in [2.75, 3.05) is 11.5 Å². The number of hydrogen-bond acceptors (Lipinski definition) is 4. The fraction of sp³-hybridized carbons (Fsp3) is 0.400. The molecule has 0 aliphatic carbocycles. The lowest BCUT2D eigenvalue weighted by Gasteiger charge is -2.05. The van der Waals surface area contributed by atoms with Gasteiger partial charge in [0.15, 0.2) is 0 Å². The predicted molar refractivity (Wildman–Crippen MR) is 70.8 cm³/mol. The van der Waals surface area contributed by atoms with Crippen LogP contribution >= 0.6 is 10.7 Å². The summed E-state index contributed by atoms with van der Waals surface area (Å²) in [6.45, 7) is 3.45. The van der Waals surface area contributed by atoms with Gasteiger partial charge in [-0.05, 0) is 12.1 Å². The molecule has 0 saturated heterocycles. The summed E-state index contributed by atoms with van der Waals surface area (Å²) in [5.41, 5.74) is 0.144. The van der Waals surface area contributed by atoms with E-state index in [-0.39, 0.29) is 5.69 Å². The van der Waals surface area contributed by atoms with Gasteiger partial charge in [-0.2, -0.15) is 4.36 Å². The number of rotatable bonds is 4. The van der Waals surface area contributed by atoms with Crippen molar-refractivity contribution in [3.05, 3.63) is 24.0 Å². The lowest BCUT2D eigenvalue weighted by molar-refractivity contribution is 0.576. The maximum absolute atomic E-state index is 13.5. The lowest BCUT2D eigenvalue weighted by atomic mass is 10.3. The summed E-state index contributed by atoms with van der Waals surface area (Å²) in [6.07, 6.45) is 0. The SMILES string of the molecule is CCS(=O)(CC)=Nc1ccc(S(=O)(=O)Cl)c(F)c1. The molecular weight excluding hydrogens is 301 g/mol. The highest BCUT2D eigenvalue weighted by Crippen LogP contribution is 2.24. The van der Waals surface area contributed by atoms with Crippen LogP contribution in [0.2, 0.25) is 0 Å². The molecule has 1 aromatic carbocycles. The van der Waals surface area contributed by atoms with Crippen LogP contribution in [-0.4, -0.2) is 24.1 Å². The number of hydrogen-bond donors (Lipinski definition) is 0. The van der Waals surface area contributed by atoms with E-state index in [2.05, 4.69) is 4.36 Å². The number of nitrogens with zero attached hydrogens (tertiary/aromatic N) is 1. The molecule has 0 saturated carbocycles. The third-order valence-electron chi connectivity index (χ3n) is 2.35. The Morgan fingerprint density at radius 1 is 1.22 bits per heavy atom. The molecule has 102 valence electrons. The minimum absolute atomic E-state index is 0.144. The molecule has 0 aliphatic heterocycles. The molecule has 0 aliphatic rings. The Kier molecular flexibility index (Phi) is 4.74. The van der Waals surface area contributed by atoms with E-state index >= 15 is 0 Å². The fourth-order valence-electron chi connectivity index (χ4n) is 1.27. The first-order valence-corrected chi connectivity index (χ1v) is 9.35. The van der Waals surface area contributed by atoms with E-state index in [0.29, 0.717) is 11.5 Å². The molecule has 0 N–H and O–H groups in total. The largest absolute Gasteiger partial charge is 0.264 e. The predicted octanol–water partition coefficient (Wildman–Crippen LogP) is 2.89. The Morgan fingerprint density at radius 3 is 2.17 bits per heavy atom. The first-order chi connectivity index (χ1) is 8.22. The topological polar surface area (TPSA) is 63.6 Å². The van der Waals surface area contributed by atoms with Crippen LogP contribution < -0.4 is 0 Å². The zero-order valence-electron chi connectivity index (χ0n) is 9.89. The van der Waals surface area contributed by atoms with Crippen molar-refractivity contribution < 1.29 is 17.0 Å². The summed E-state index contributed by atoms with van der Waals surface area (Å²) < 4.78 is 51.5. The van der Waals surface area contributed by atoms with Crippen LogP contribution in [0.4, 0.5) is 10.1 Å². The first-order valence-electron chi connectivity index (χ1n) is 5.18. The van der Waals surface area contributed by atoms with Gasteiger partial charge in [-0.1, -0.05) is 13.8 Å². The van der Waals surface area contributed by atoms with E-state index < -0.39 is 29.5 Å². The normalized spacial score (nSPS) is 12.4. The van der Waals surface area contributed by atoms with Crippen LogP contribution in [0.1, 0.15) is 13.8 Å². The van der Waals surface area contributed by atoms with Gasteiger partial charge >= 0.3 is 0 Å². The van der Waals surface area contributed by atoms with Crippen LogP contribution in [0.5, 0.6) is 0 Å². The molecule has 0 aromatic heterocycles. The van der Waals surface area contributed by atoms with E-state index in [1.807, 2.05) is 0 Å². The van der Waals surface area contributed by atoms with E-state index in [4.69, 9.17) is 10.7 Å². The van der Waals surface area contributed by atoms with Crippen LogP contribution in [-0.2, 0) is 18.8 Å². The molecule has 0 amide bonds. The van der Waals surface area contributed by atoms with Crippen LogP contribution in [0, 0.1) is 5.82 Å². The quantitative estimate of drug-likeness (QED) is 0.803. The maximum atomic E-state index is 13.5. The average molecular weight is 314 g/mol. The zero-order valence-corrected chi connectivity index (χ0v) is 12.3. The fourth-order valence-corrected chi connectivity index (χ4v) is 3.33. The monoisotopic (exact) mass is 313 g/mol. The van der Waals surface area contributed by atoms with E-state index in [1.54, 1.807) is 13.8 Å². The molecule has 0 spiro atoms. The number of benzene rings is 1. The second-order valence-corrected chi connectivity index (χ2v) is 8.91. The standard InChI is InChI=1S/C10H13ClFNO3S2/c1-3-17(14,4-2)13-8-5-6-10(9(12)7-8)18(11,15)16/h5-7H,3-4H2,1-2H3. The molecule has 18 heavy (non-hydrogen) atoms. The molecule has 0 heterocycles. The maximum Gasteiger partial charge on any atom is 0.264 e. The second kappa shape index (κ2) is 5.54. The van der Waals surface area contributed by atoms with Crippen LogP contribution in [0.25, 0.3) is 0 Å². The van der Waals surface area contributed by atoms with Gasteiger partial charge < -0.3 is 0 Å². The molecule has 0 fully saturated rings.